The standard InChI is InChI=1S/C22H20N4O2/c1-15-20(13-26-14-23-21(25-26)16-10-11-16)24-22(27-15)17-6-5-9-19(12-17)28-18-7-3-2-4-8-18/h2-9,12,14,16H,10-11,13H2,1H3. The van der Waals surface area contributed by atoms with Crippen LogP contribution in [0.25, 0.3) is 11.5 Å². The summed E-state index contributed by atoms with van der Waals surface area (Å²) in [4.78, 5) is 9.08. The van der Waals surface area contributed by atoms with Crippen molar-refractivity contribution in [1.82, 2.24) is 19.7 Å². The number of rotatable bonds is 6. The highest BCUT2D eigenvalue weighted by Crippen LogP contribution is 2.37. The highest BCUT2D eigenvalue weighted by atomic mass is 16.5. The monoisotopic (exact) mass is 372 g/mol. The van der Waals surface area contributed by atoms with Crippen LogP contribution in [-0.4, -0.2) is 19.7 Å². The molecule has 0 spiro atoms. The molecule has 4 aromatic rings. The minimum Gasteiger partial charge on any atom is -0.457 e. The van der Waals surface area contributed by atoms with Crippen molar-refractivity contribution in [2.45, 2.75) is 32.2 Å². The van der Waals surface area contributed by atoms with Gasteiger partial charge < -0.3 is 9.15 Å². The van der Waals surface area contributed by atoms with Gasteiger partial charge in [-0.15, -0.1) is 0 Å². The first-order valence-corrected chi connectivity index (χ1v) is 9.43. The molecule has 1 aliphatic rings. The van der Waals surface area contributed by atoms with E-state index in [-0.39, 0.29) is 0 Å². The fourth-order valence-corrected chi connectivity index (χ4v) is 3.08. The molecule has 0 saturated heterocycles. The Morgan fingerprint density at radius 3 is 2.71 bits per heavy atom. The van der Waals surface area contributed by atoms with Crippen molar-refractivity contribution in [3.8, 4) is 23.0 Å². The summed E-state index contributed by atoms with van der Waals surface area (Å²) in [5, 5.41) is 4.56. The number of aryl methyl sites for hydroxylation is 1. The Balaban J connectivity index is 1.36. The predicted molar refractivity (Wildman–Crippen MR) is 104 cm³/mol. The van der Waals surface area contributed by atoms with Gasteiger partial charge in [0, 0.05) is 11.5 Å². The van der Waals surface area contributed by atoms with Gasteiger partial charge in [0.25, 0.3) is 0 Å². The van der Waals surface area contributed by atoms with Gasteiger partial charge in [0.15, 0.2) is 5.82 Å². The van der Waals surface area contributed by atoms with Gasteiger partial charge in [0.05, 0.1) is 6.54 Å². The van der Waals surface area contributed by atoms with Crippen LogP contribution in [0.15, 0.2) is 65.3 Å². The topological polar surface area (TPSA) is 66.0 Å². The fourth-order valence-electron chi connectivity index (χ4n) is 3.08. The third kappa shape index (κ3) is 3.53. The minimum absolute atomic E-state index is 0.544. The van der Waals surface area contributed by atoms with Gasteiger partial charge in [-0.3, -0.25) is 0 Å². The van der Waals surface area contributed by atoms with E-state index in [0.717, 1.165) is 34.3 Å². The number of aromatic nitrogens is 4. The molecule has 140 valence electrons. The second kappa shape index (κ2) is 6.96. The molecule has 2 aromatic heterocycles. The van der Waals surface area contributed by atoms with Gasteiger partial charge in [-0.1, -0.05) is 24.3 Å². The van der Waals surface area contributed by atoms with Crippen molar-refractivity contribution in [1.29, 1.82) is 0 Å². The molecule has 28 heavy (non-hydrogen) atoms. The Morgan fingerprint density at radius 1 is 1.07 bits per heavy atom. The van der Waals surface area contributed by atoms with Gasteiger partial charge in [-0.05, 0) is 50.1 Å². The van der Waals surface area contributed by atoms with Gasteiger partial charge in [0.1, 0.15) is 29.3 Å². The maximum atomic E-state index is 5.92. The highest BCUT2D eigenvalue weighted by molar-refractivity contribution is 5.57. The molecule has 0 N–H and O–H groups in total. The van der Waals surface area contributed by atoms with Crippen LogP contribution < -0.4 is 4.74 Å². The molecule has 0 unspecified atom stereocenters. The molecule has 1 aliphatic carbocycles. The molecule has 5 rings (SSSR count). The number of ether oxygens (including phenoxy) is 1. The maximum Gasteiger partial charge on any atom is 0.226 e. The van der Waals surface area contributed by atoms with Crippen molar-refractivity contribution in [3.63, 3.8) is 0 Å². The number of hydrogen-bond donors (Lipinski definition) is 0. The molecule has 0 atom stereocenters. The number of hydrogen-bond acceptors (Lipinski definition) is 5. The zero-order valence-electron chi connectivity index (χ0n) is 15.6. The summed E-state index contributed by atoms with van der Waals surface area (Å²) >= 11 is 0. The van der Waals surface area contributed by atoms with Crippen molar-refractivity contribution in [3.05, 3.63) is 78.2 Å². The Kier molecular flexibility index (Phi) is 4.16. The van der Waals surface area contributed by atoms with E-state index in [2.05, 4.69) is 15.1 Å². The van der Waals surface area contributed by atoms with Crippen LogP contribution in [0, 0.1) is 6.92 Å². The van der Waals surface area contributed by atoms with Gasteiger partial charge in [-0.25, -0.2) is 14.6 Å². The first kappa shape index (κ1) is 16.7. The quantitative estimate of drug-likeness (QED) is 0.479. The molecule has 1 fully saturated rings. The smallest absolute Gasteiger partial charge is 0.226 e. The van der Waals surface area contributed by atoms with E-state index in [0.29, 0.717) is 18.4 Å². The van der Waals surface area contributed by atoms with E-state index < -0.39 is 0 Å². The number of para-hydroxylation sites is 1. The van der Waals surface area contributed by atoms with E-state index in [1.165, 1.54) is 12.8 Å². The largest absolute Gasteiger partial charge is 0.457 e. The first-order valence-electron chi connectivity index (χ1n) is 9.43. The van der Waals surface area contributed by atoms with E-state index in [1.807, 2.05) is 66.2 Å². The average molecular weight is 372 g/mol. The van der Waals surface area contributed by atoms with Gasteiger partial charge in [-0.2, -0.15) is 5.10 Å². The average Bonchev–Trinajstić information content (AvgIpc) is 3.36. The molecule has 0 radical (unpaired) electrons. The SMILES string of the molecule is Cc1oc(-c2cccc(Oc3ccccc3)c2)nc1Cn1cnc(C2CC2)n1. The molecule has 6 heteroatoms. The number of oxazole rings is 1. The van der Waals surface area contributed by atoms with Crippen LogP contribution in [0.4, 0.5) is 0 Å². The van der Waals surface area contributed by atoms with Crippen LogP contribution in [0.2, 0.25) is 0 Å². The Bertz CT molecular complexity index is 1100. The van der Waals surface area contributed by atoms with Crippen LogP contribution in [0.3, 0.4) is 0 Å². The van der Waals surface area contributed by atoms with Crippen molar-refractivity contribution >= 4 is 0 Å². The number of benzene rings is 2. The van der Waals surface area contributed by atoms with Gasteiger partial charge >= 0.3 is 0 Å². The summed E-state index contributed by atoms with van der Waals surface area (Å²) < 4.78 is 13.7. The second-order valence-electron chi connectivity index (χ2n) is 7.04. The molecule has 0 aliphatic heterocycles. The third-order valence-electron chi connectivity index (χ3n) is 4.76. The van der Waals surface area contributed by atoms with E-state index in [9.17, 15) is 0 Å². The normalized spacial score (nSPS) is 13.6. The van der Waals surface area contributed by atoms with E-state index >= 15 is 0 Å². The first-order chi connectivity index (χ1) is 13.7. The van der Waals surface area contributed by atoms with Gasteiger partial charge in [0.2, 0.25) is 5.89 Å². The summed E-state index contributed by atoms with van der Waals surface area (Å²) in [6.07, 6.45) is 4.16. The molecule has 6 nitrogen and oxygen atoms in total. The Morgan fingerprint density at radius 2 is 1.89 bits per heavy atom. The molecule has 0 bridgehead atoms. The number of nitrogens with zero attached hydrogens (tertiary/aromatic N) is 4. The summed E-state index contributed by atoms with van der Waals surface area (Å²) in [5.41, 5.74) is 1.73. The van der Waals surface area contributed by atoms with Crippen molar-refractivity contribution in [2.24, 2.45) is 0 Å². The van der Waals surface area contributed by atoms with Crippen molar-refractivity contribution in [2.75, 3.05) is 0 Å². The third-order valence-corrected chi connectivity index (χ3v) is 4.76. The molecule has 2 heterocycles. The van der Waals surface area contributed by atoms with Crippen molar-refractivity contribution < 1.29 is 9.15 Å². The summed E-state index contributed by atoms with van der Waals surface area (Å²) in [6, 6.07) is 17.5. The lowest BCUT2D eigenvalue weighted by molar-refractivity contribution is 0.482. The van der Waals surface area contributed by atoms with E-state index in [1.54, 1.807) is 6.33 Å². The highest BCUT2D eigenvalue weighted by Gasteiger charge is 2.27. The summed E-state index contributed by atoms with van der Waals surface area (Å²) in [6.45, 7) is 2.48. The molecule has 2 aromatic carbocycles. The zero-order valence-corrected chi connectivity index (χ0v) is 15.6. The van der Waals surface area contributed by atoms with Crippen LogP contribution >= 0.6 is 0 Å². The zero-order chi connectivity index (χ0) is 18.9. The van der Waals surface area contributed by atoms with Crippen LogP contribution in [-0.2, 0) is 6.54 Å². The molecule has 1 saturated carbocycles. The molecular weight excluding hydrogens is 352 g/mol. The summed E-state index contributed by atoms with van der Waals surface area (Å²) in [7, 11) is 0. The lowest BCUT2D eigenvalue weighted by atomic mass is 10.2. The summed E-state index contributed by atoms with van der Waals surface area (Å²) in [5.74, 6) is 4.38. The Hall–Kier alpha value is -3.41. The molecular formula is C22H20N4O2. The lowest BCUT2D eigenvalue weighted by Gasteiger charge is -2.06. The Labute approximate surface area is 162 Å². The minimum atomic E-state index is 0.544. The maximum absolute atomic E-state index is 5.92. The second-order valence-corrected chi connectivity index (χ2v) is 7.04. The predicted octanol–water partition coefficient (Wildman–Crippen LogP) is 4.96. The fraction of sp³-hybridized carbons (Fsp3) is 0.227. The molecule has 0 amide bonds. The van der Waals surface area contributed by atoms with E-state index in [4.69, 9.17) is 9.15 Å². The van der Waals surface area contributed by atoms with Crippen LogP contribution in [0.5, 0.6) is 11.5 Å². The van der Waals surface area contributed by atoms with Crippen LogP contribution in [0.1, 0.15) is 36.0 Å². The lowest BCUT2D eigenvalue weighted by Crippen LogP contribution is -2.02.